The van der Waals surface area contributed by atoms with Crippen LogP contribution in [-0.2, 0) is 19.3 Å². The highest BCUT2D eigenvalue weighted by atomic mass is 14.2. The Balaban J connectivity index is 2.19. The van der Waals surface area contributed by atoms with Crippen molar-refractivity contribution in [1.29, 1.82) is 0 Å². The van der Waals surface area contributed by atoms with E-state index in [0.717, 1.165) is 0 Å². The molecule has 0 heterocycles. The van der Waals surface area contributed by atoms with Gasteiger partial charge in [-0.25, -0.2) is 0 Å². The Labute approximate surface area is 85.6 Å². The third-order valence-corrected chi connectivity index (χ3v) is 3.53. The summed E-state index contributed by atoms with van der Waals surface area (Å²) in [5.41, 5.74) is 7.92. The average molecular weight is 184 g/mol. The molecule has 0 aliphatic heterocycles. The van der Waals surface area contributed by atoms with Crippen molar-refractivity contribution in [3.05, 3.63) is 40.0 Å². The van der Waals surface area contributed by atoms with E-state index in [1.54, 1.807) is 22.3 Å². The summed E-state index contributed by atoms with van der Waals surface area (Å²) in [5, 5.41) is 0. The van der Waals surface area contributed by atoms with E-state index < -0.39 is 0 Å². The lowest BCUT2D eigenvalue weighted by molar-refractivity contribution is 0.684. The van der Waals surface area contributed by atoms with Gasteiger partial charge in [0.25, 0.3) is 0 Å². The fraction of sp³-hybridized carbons (Fsp3) is 0.429. The molecule has 0 atom stereocenters. The molecule has 2 aliphatic rings. The van der Waals surface area contributed by atoms with E-state index in [1.165, 1.54) is 37.7 Å². The van der Waals surface area contributed by atoms with Gasteiger partial charge in [-0.2, -0.15) is 0 Å². The maximum absolute atomic E-state index is 2.40. The standard InChI is InChI=1S/C14H16/c1-10-8-12-7-6-11-4-2-3-5-13(11)14(12)9-10/h6-7,9H,2-5,8H2,1H3. The molecule has 0 spiro atoms. The zero-order valence-electron chi connectivity index (χ0n) is 8.77. The molecule has 0 saturated carbocycles. The number of aryl methyl sites for hydroxylation is 1. The fourth-order valence-corrected chi connectivity index (χ4v) is 2.84. The maximum atomic E-state index is 2.40. The van der Waals surface area contributed by atoms with Crippen molar-refractivity contribution in [2.24, 2.45) is 0 Å². The van der Waals surface area contributed by atoms with Gasteiger partial charge in [-0.05, 0) is 61.3 Å². The number of fused-ring (bicyclic) bond motifs is 3. The Kier molecular flexibility index (Phi) is 1.76. The van der Waals surface area contributed by atoms with Crippen LogP contribution in [0.1, 0.15) is 42.0 Å². The second kappa shape index (κ2) is 2.98. The molecular formula is C14H16. The Morgan fingerprint density at radius 3 is 2.71 bits per heavy atom. The van der Waals surface area contributed by atoms with Crippen LogP contribution in [-0.4, -0.2) is 0 Å². The summed E-state index contributed by atoms with van der Waals surface area (Å²) in [6, 6.07) is 4.70. The number of benzene rings is 1. The lowest BCUT2D eigenvalue weighted by atomic mass is 9.87. The molecule has 0 heteroatoms. The molecule has 0 radical (unpaired) electrons. The molecule has 0 saturated heterocycles. The molecule has 1 aromatic carbocycles. The van der Waals surface area contributed by atoms with Crippen LogP contribution in [0, 0.1) is 0 Å². The van der Waals surface area contributed by atoms with Gasteiger partial charge in [0, 0.05) is 0 Å². The van der Waals surface area contributed by atoms with Crippen molar-refractivity contribution in [1.82, 2.24) is 0 Å². The number of hydrogen-bond acceptors (Lipinski definition) is 0. The van der Waals surface area contributed by atoms with Crippen LogP contribution in [0.5, 0.6) is 0 Å². The molecule has 0 amide bonds. The normalized spacial score (nSPS) is 18.8. The van der Waals surface area contributed by atoms with Crippen LogP contribution in [0.15, 0.2) is 17.7 Å². The minimum atomic E-state index is 1.18. The summed E-state index contributed by atoms with van der Waals surface area (Å²) in [7, 11) is 0. The lowest BCUT2D eigenvalue weighted by Gasteiger charge is -2.18. The first-order chi connectivity index (χ1) is 6.84. The molecule has 0 N–H and O–H groups in total. The second-order valence-corrected chi connectivity index (χ2v) is 4.65. The summed E-state index contributed by atoms with van der Waals surface area (Å²) in [5.74, 6) is 0. The van der Waals surface area contributed by atoms with Gasteiger partial charge in [-0.1, -0.05) is 23.8 Å². The van der Waals surface area contributed by atoms with E-state index >= 15 is 0 Å². The Morgan fingerprint density at radius 1 is 1.00 bits per heavy atom. The quantitative estimate of drug-likeness (QED) is 0.578. The highest BCUT2D eigenvalue weighted by molar-refractivity contribution is 5.68. The van der Waals surface area contributed by atoms with E-state index in [1.807, 2.05) is 0 Å². The topological polar surface area (TPSA) is 0 Å². The summed E-state index contributed by atoms with van der Waals surface area (Å²) >= 11 is 0. The maximum Gasteiger partial charge on any atom is -0.00605 e. The lowest BCUT2D eigenvalue weighted by Crippen LogP contribution is -2.05. The summed E-state index contributed by atoms with van der Waals surface area (Å²) in [6.45, 7) is 2.25. The highest BCUT2D eigenvalue weighted by Crippen LogP contribution is 2.33. The second-order valence-electron chi connectivity index (χ2n) is 4.65. The van der Waals surface area contributed by atoms with Crippen LogP contribution >= 0.6 is 0 Å². The molecule has 1 aromatic rings. The first-order valence-electron chi connectivity index (χ1n) is 5.65. The number of rotatable bonds is 0. The molecular weight excluding hydrogens is 168 g/mol. The molecule has 0 aromatic heterocycles. The molecule has 72 valence electrons. The van der Waals surface area contributed by atoms with Gasteiger partial charge in [0.05, 0.1) is 0 Å². The van der Waals surface area contributed by atoms with E-state index in [0.29, 0.717) is 0 Å². The minimum Gasteiger partial charge on any atom is -0.0683 e. The van der Waals surface area contributed by atoms with Gasteiger partial charge in [-0.3, -0.25) is 0 Å². The Bertz CT molecular complexity index is 410. The highest BCUT2D eigenvalue weighted by Gasteiger charge is 2.18. The first kappa shape index (κ1) is 8.28. The van der Waals surface area contributed by atoms with Crippen LogP contribution < -0.4 is 0 Å². The van der Waals surface area contributed by atoms with Gasteiger partial charge in [0.2, 0.25) is 0 Å². The van der Waals surface area contributed by atoms with Crippen molar-refractivity contribution in [2.75, 3.05) is 0 Å². The van der Waals surface area contributed by atoms with E-state index in [9.17, 15) is 0 Å². The fourth-order valence-electron chi connectivity index (χ4n) is 2.84. The van der Waals surface area contributed by atoms with Crippen molar-refractivity contribution in [3.8, 4) is 0 Å². The summed E-state index contributed by atoms with van der Waals surface area (Å²) < 4.78 is 0. The molecule has 0 nitrogen and oxygen atoms in total. The molecule has 14 heavy (non-hydrogen) atoms. The van der Waals surface area contributed by atoms with Gasteiger partial charge in [0.15, 0.2) is 0 Å². The number of allylic oxidation sites excluding steroid dienone is 1. The Hall–Kier alpha value is -1.04. The summed E-state index contributed by atoms with van der Waals surface area (Å²) in [4.78, 5) is 0. The SMILES string of the molecule is CC1=Cc2c(ccc3c2CCCC3)C1. The zero-order chi connectivity index (χ0) is 9.54. The van der Waals surface area contributed by atoms with Gasteiger partial charge < -0.3 is 0 Å². The zero-order valence-corrected chi connectivity index (χ0v) is 8.77. The molecule has 0 bridgehead atoms. The van der Waals surface area contributed by atoms with Crippen molar-refractivity contribution >= 4 is 6.08 Å². The van der Waals surface area contributed by atoms with Gasteiger partial charge in [0.1, 0.15) is 0 Å². The van der Waals surface area contributed by atoms with Crippen LogP contribution in [0.3, 0.4) is 0 Å². The van der Waals surface area contributed by atoms with Crippen molar-refractivity contribution in [2.45, 2.75) is 39.0 Å². The van der Waals surface area contributed by atoms with Crippen molar-refractivity contribution in [3.63, 3.8) is 0 Å². The average Bonchev–Trinajstić information content (AvgIpc) is 2.59. The monoisotopic (exact) mass is 184 g/mol. The largest absolute Gasteiger partial charge is 0.0683 e. The number of hydrogen-bond donors (Lipinski definition) is 0. The molecule has 3 rings (SSSR count). The minimum absolute atomic E-state index is 1.18. The van der Waals surface area contributed by atoms with Crippen LogP contribution in [0.4, 0.5) is 0 Å². The van der Waals surface area contributed by atoms with Gasteiger partial charge >= 0.3 is 0 Å². The third kappa shape index (κ3) is 1.13. The third-order valence-electron chi connectivity index (χ3n) is 3.53. The predicted molar refractivity (Wildman–Crippen MR) is 60.4 cm³/mol. The smallest absolute Gasteiger partial charge is 0.00605 e. The molecule has 0 fully saturated rings. The molecule has 0 unspecified atom stereocenters. The van der Waals surface area contributed by atoms with Crippen LogP contribution in [0.2, 0.25) is 0 Å². The first-order valence-corrected chi connectivity index (χ1v) is 5.65. The predicted octanol–water partition coefficient (Wildman–Crippen LogP) is 3.52. The Morgan fingerprint density at radius 2 is 1.79 bits per heavy atom. The van der Waals surface area contributed by atoms with E-state index in [-0.39, 0.29) is 0 Å². The van der Waals surface area contributed by atoms with Crippen molar-refractivity contribution < 1.29 is 0 Å². The van der Waals surface area contributed by atoms with E-state index in [4.69, 9.17) is 0 Å². The van der Waals surface area contributed by atoms with Gasteiger partial charge in [-0.15, -0.1) is 0 Å². The summed E-state index contributed by atoms with van der Waals surface area (Å²) in [6.07, 6.45) is 8.96. The van der Waals surface area contributed by atoms with Crippen LogP contribution in [0.25, 0.3) is 6.08 Å². The molecule has 2 aliphatic carbocycles. The van der Waals surface area contributed by atoms with E-state index in [2.05, 4.69) is 25.1 Å².